The van der Waals surface area contributed by atoms with Crippen molar-refractivity contribution in [3.05, 3.63) is 184 Å². The van der Waals surface area contributed by atoms with E-state index in [1.165, 1.54) is 92.2 Å². The smallest absolute Gasteiger partial charge is 0.200 e. The molecule has 0 fully saturated rings. The molecule has 0 saturated carbocycles. The minimum absolute atomic E-state index is 0.00233. The number of rotatable bonds is 2. The summed E-state index contributed by atoms with van der Waals surface area (Å²) in [6, 6.07) is 54.4. The maximum Gasteiger partial charge on any atom is 0.200 e. The van der Waals surface area contributed by atoms with Gasteiger partial charge in [-0.15, -0.1) is 11.3 Å². The van der Waals surface area contributed by atoms with Crippen LogP contribution in [0.3, 0.4) is 0 Å². The summed E-state index contributed by atoms with van der Waals surface area (Å²) in [6.45, 7) is 9.71. The van der Waals surface area contributed by atoms with Crippen LogP contribution in [0.25, 0.3) is 103 Å². The lowest BCUT2D eigenvalue weighted by Gasteiger charge is -2.27. The molecule has 0 unspecified atom stereocenters. The SMILES string of the molecule is CC1(C)c2ccccc2-c2c3c(c4c(c21)c1ccccc1n4-c1ccc(-c2ccc4c(=O)c5ccccc5oc4c2)c2sc4ccccc4c12)C(C)(C)c1ccccc1-3. The van der Waals surface area contributed by atoms with Crippen LogP contribution in [0, 0.1) is 0 Å². The summed E-state index contributed by atoms with van der Waals surface area (Å²) in [4.78, 5) is 13.6. The standard InChI is InChI=1S/C55H37NO2S/c1-54(2)38-20-10-5-15-32(38)46-47-33-16-6-11-21-39(33)55(3,4)50(47)51-48(49(46)54)34-17-7-12-22-40(34)56(51)41-28-27-31(53-45(41)37-19-9-14-24-44(37)59-53)30-25-26-36-43(29-30)58-42-23-13-8-18-35(42)52(36)57/h5-29H,1-4H3. The van der Waals surface area contributed by atoms with Crippen LogP contribution in [0.5, 0.6) is 0 Å². The molecule has 0 atom stereocenters. The molecule has 3 nitrogen and oxygen atoms in total. The normalized spacial score (nSPS) is 14.8. The van der Waals surface area contributed by atoms with Crippen LogP contribution >= 0.6 is 11.3 Å². The summed E-state index contributed by atoms with van der Waals surface area (Å²) < 4.78 is 11.5. The lowest BCUT2D eigenvalue weighted by molar-refractivity contribution is 0.658. The molecule has 0 aliphatic heterocycles. The van der Waals surface area contributed by atoms with E-state index in [0.29, 0.717) is 21.9 Å². The summed E-state index contributed by atoms with van der Waals surface area (Å²) >= 11 is 1.84. The monoisotopic (exact) mass is 775 g/mol. The fraction of sp³-hybridized carbons (Fsp3) is 0.109. The molecule has 0 radical (unpaired) electrons. The average molecular weight is 776 g/mol. The molecule has 59 heavy (non-hydrogen) atoms. The molecule has 0 spiro atoms. The van der Waals surface area contributed by atoms with Gasteiger partial charge < -0.3 is 8.98 Å². The van der Waals surface area contributed by atoms with E-state index in [-0.39, 0.29) is 16.3 Å². The van der Waals surface area contributed by atoms with Crippen molar-refractivity contribution in [3.8, 4) is 39.1 Å². The maximum absolute atomic E-state index is 13.6. The molecule has 11 aromatic rings. The average Bonchev–Trinajstić information content (AvgIpc) is 3.95. The lowest BCUT2D eigenvalue weighted by Crippen LogP contribution is -2.19. The highest BCUT2D eigenvalue weighted by atomic mass is 32.1. The first-order valence-corrected chi connectivity index (χ1v) is 21.3. The second-order valence-corrected chi connectivity index (χ2v) is 18.5. The van der Waals surface area contributed by atoms with Gasteiger partial charge in [-0.25, -0.2) is 0 Å². The number of thiophene rings is 1. The van der Waals surface area contributed by atoms with E-state index < -0.39 is 0 Å². The largest absolute Gasteiger partial charge is 0.456 e. The number of fused-ring (bicyclic) bond motifs is 17. The van der Waals surface area contributed by atoms with Crippen molar-refractivity contribution in [1.82, 2.24) is 4.57 Å². The molecule has 3 heterocycles. The third-order valence-corrected chi connectivity index (χ3v) is 14.9. The highest BCUT2D eigenvalue weighted by Gasteiger charge is 2.47. The van der Waals surface area contributed by atoms with E-state index >= 15 is 0 Å². The Bertz CT molecular complexity index is 3760. The Morgan fingerprint density at radius 3 is 1.92 bits per heavy atom. The minimum atomic E-state index is -0.262. The fourth-order valence-corrected chi connectivity index (χ4v) is 12.5. The van der Waals surface area contributed by atoms with Gasteiger partial charge in [0.2, 0.25) is 5.43 Å². The van der Waals surface area contributed by atoms with Gasteiger partial charge in [0.15, 0.2) is 0 Å². The van der Waals surface area contributed by atoms with Gasteiger partial charge in [-0.3, -0.25) is 4.79 Å². The first-order chi connectivity index (χ1) is 28.7. The topological polar surface area (TPSA) is 35.1 Å². The molecular formula is C55H37NO2S. The number of para-hydroxylation sites is 2. The zero-order chi connectivity index (χ0) is 39.5. The molecule has 8 aromatic carbocycles. The van der Waals surface area contributed by atoms with Gasteiger partial charge in [-0.05, 0) is 98.1 Å². The van der Waals surface area contributed by atoms with Gasteiger partial charge in [-0.1, -0.05) is 137 Å². The Morgan fingerprint density at radius 1 is 0.525 bits per heavy atom. The molecule has 4 heteroatoms. The van der Waals surface area contributed by atoms with Gasteiger partial charge in [0.1, 0.15) is 11.2 Å². The third kappa shape index (κ3) is 4.09. The summed E-state index contributed by atoms with van der Waals surface area (Å²) in [6.07, 6.45) is 0. The number of nitrogens with zero attached hydrogens (tertiary/aromatic N) is 1. The van der Waals surface area contributed by atoms with Gasteiger partial charge in [-0.2, -0.15) is 0 Å². The van der Waals surface area contributed by atoms with Crippen LogP contribution in [0.1, 0.15) is 49.9 Å². The van der Waals surface area contributed by atoms with Crippen molar-refractivity contribution in [3.63, 3.8) is 0 Å². The van der Waals surface area contributed by atoms with Crippen LogP contribution in [0.2, 0.25) is 0 Å². The maximum atomic E-state index is 13.6. The Morgan fingerprint density at radius 2 is 1.14 bits per heavy atom. The molecule has 280 valence electrons. The highest BCUT2D eigenvalue weighted by molar-refractivity contribution is 7.26. The van der Waals surface area contributed by atoms with Gasteiger partial charge in [0, 0.05) is 41.8 Å². The van der Waals surface area contributed by atoms with Crippen LogP contribution in [-0.2, 0) is 10.8 Å². The van der Waals surface area contributed by atoms with Crippen molar-refractivity contribution < 1.29 is 4.42 Å². The first kappa shape index (κ1) is 33.2. The van der Waals surface area contributed by atoms with Crippen LogP contribution < -0.4 is 5.43 Å². The third-order valence-electron chi connectivity index (χ3n) is 13.7. The van der Waals surface area contributed by atoms with E-state index in [1.54, 1.807) is 0 Å². The van der Waals surface area contributed by atoms with Crippen LogP contribution in [0.4, 0.5) is 0 Å². The molecule has 2 aliphatic carbocycles. The molecule has 2 aliphatic rings. The summed E-state index contributed by atoms with van der Waals surface area (Å²) in [5.41, 5.74) is 17.6. The van der Waals surface area contributed by atoms with E-state index in [4.69, 9.17) is 4.42 Å². The Hall–Kier alpha value is -6.75. The number of aromatic nitrogens is 1. The van der Waals surface area contributed by atoms with Gasteiger partial charge >= 0.3 is 0 Å². The minimum Gasteiger partial charge on any atom is -0.456 e. The number of benzene rings is 8. The molecule has 0 N–H and O–H groups in total. The van der Waals surface area contributed by atoms with Gasteiger partial charge in [0.25, 0.3) is 0 Å². The van der Waals surface area contributed by atoms with Crippen molar-refractivity contribution in [2.45, 2.75) is 38.5 Å². The van der Waals surface area contributed by atoms with Crippen LogP contribution in [0.15, 0.2) is 161 Å². The zero-order valence-corrected chi connectivity index (χ0v) is 33.9. The number of hydrogen-bond donors (Lipinski definition) is 0. The second kappa shape index (κ2) is 11.3. The predicted octanol–water partition coefficient (Wildman–Crippen LogP) is 14.7. The lowest BCUT2D eigenvalue weighted by atomic mass is 9.76. The molecule has 0 saturated heterocycles. The molecule has 0 amide bonds. The Labute approximate surface area is 344 Å². The summed E-state index contributed by atoms with van der Waals surface area (Å²) in [7, 11) is 0. The Kier molecular flexibility index (Phi) is 6.34. The second-order valence-electron chi connectivity index (χ2n) is 17.5. The molecule has 3 aromatic heterocycles. The zero-order valence-electron chi connectivity index (χ0n) is 33.1. The summed E-state index contributed by atoms with van der Waals surface area (Å²) in [5.74, 6) is 0. The van der Waals surface area contributed by atoms with Crippen molar-refractivity contribution in [2.75, 3.05) is 0 Å². The quantitative estimate of drug-likeness (QED) is 0.164. The predicted molar refractivity (Wildman–Crippen MR) is 248 cm³/mol. The van der Waals surface area contributed by atoms with Crippen molar-refractivity contribution in [1.29, 1.82) is 0 Å². The van der Waals surface area contributed by atoms with E-state index in [2.05, 4.69) is 154 Å². The molecule has 13 rings (SSSR count). The van der Waals surface area contributed by atoms with Crippen molar-refractivity contribution >= 4 is 75.3 Å². The van der Waals surface area contributed by atoms with Crippen LogP contribution in [-0.4, -0.2) is 4.57 Å². The Balaban J connectivity index is 1.19. The first-order valence-electron chi connectivity index (χ1n) is 20.5. The number of hydrogen-bond acceptors (Lipinski definition) is 3. The van der Waals surface area contributed by atoms with E-state index in [1.807, 2.05) is 41.7 Å². The van der Waals surface area contributed by atoms with E-state index in [0.717, 1.165) is 11.1 Å². The van der Waals surface area contributed by atoms with Gasteiger partial charge in [0.05, 0.1) is 27.5 Å². The summed E-state index contributed by atoms with van der Waals surface area (Å²) in [5, 5.41) is 6.30. The van der Waals surface area contributed by atoms with E-state index in [9.17, 15) is 4.79 Å². The molecule has 0 bridgehead atoms. The highest BCUT2D eigenvalue weighted by Crippen LogP contribution is 2.63. The fourth-order valence-electron chi connectivity index (χ4n) is 11.2. The molecular weight excluding hydrogens is 739 g/mol. The van der Waals surface area contributed by atoms with Crippen molar-refractivity contribution in [2.24, 2.45) is 0 Å².